The topological polar surface area (TPSA) is 90.0 Å². The SMILES string of the molecule is C/C(=N\NC(=O)c1cc(C)nc2c1c(C)nn2-c1ccccc1)c1ccnn1C. The Bertz CT molecular complexity index is 1230. The van der Waals surface area contributed by atoms with Crippen LogP contribution in [0.1, 0.15) is 34.4 Å². The fraction of sp³-hybridized carbons (Fsp3) is 0.190. The predicted molar refractivity (Wildman–Crippen MR) is 111 cm³/mol. The molecular formula is C21H21N7O. The smallest absolute Gasteiger partial charge is 0.267 e. The molecule has 0 saturated heterocycles. The van der Waals surface area contributed by atoms with Gasteiger partial charge in [0.15, 0.2) is 5.65 Å². The van der Waals surface area contributed by atoms with Crippen molar-refractivity contribution in [3.05, 3.63) is 71.3 Å². The summed E-state index contributed by atoms with van der Waals surface area (Å²) in [7, 11) is 1.83. The van der Waals surface area contributed by atoms with Crippen LogP contribution in [0.5, 0.6) is 0 Å². The van der Waals surface area contributed by atoms with Crippen molar-refractivity contribution in [2.45, 2.75) is 20.8 Å². The minimum absolute atomic E-state index is 0.308. The first-order chi connectivity index (χ1) is 14.0. The molecule has 4 aromatic rings. The first-order valence-corrected chi connectivity index (χ1v) is 9.21. The number of carbonyl (C=O) groups is 1. The van der Waals surface area contributed by atoms with Crippen LogP contribution in [0.4, 0.5) is 0 Å². The van der Waals surface area contributed by atoms with Gasteiger partial charge in [0.2, 0.25) is 0 Å². The van der Waals surface area contributed by atoms with Crippen LogP contribution in [-0.2, 0) is 7.05 Å². The van der Waals surface area contributed by atoms with Gasteiger partial charge in [-0.2, -0.15) is 15.3 Å². The second-order valence-electron chi connectivity index (χ2n) is 6.82. The zero-order valence-electron chi connectivity index (χ0n) is 16.7. The molecule has 29 heavy (non-hydrogen) atoms. The van der Waals surface area contributed by atoms with E-state index in [1.165, 1.54) is 0 Å². The molecule has 3 heterocycles. The number of carbonyl (C=O) groups excluding carboxylic acids is 1. The summed E-state index contributed by atoms with van der Waals surface area (Å²) in [5, 5.41) is 13.7. The standard InChI is InChI=1S/C21H21N7O/c1-13-12-17(21(29)25-24-14(2)18-10-11-22-27(18)4)19-15(3)26-28(20(19)23-13)16-8-6-5-7-9-16/h5-12H,1-4H3,(H,25,29)/b24-14+. The zero-order chi connectivity index (χ0) is 20.5. The van der Waals surface area contributed by atoms with E-state index >= 15 is 0 Å². The molecule has 0 saturated carbocycles. The first-order valence-electron chi connectivity index (χ1n) is 9.21. The summed E-state index contributed by atoms with van der Waals surface area (Å²) in [6, 6.07) is 13.3. The first kappa shape index (κ1) is 18.5. The summed E-state index contributed by atoms with van der Waals surface area (Å²) in [6.07, 6.45) is 1.69. The summed E-state index contributed by atoms with van der Waals surface area (Å²) in [5.41, 5.74) is 7.63. The van der Waals surface area contributed by atoms with Crippen molar-refractivity contribution in [2.75, 3.05) is 0 Å². The normalized spacial score (nSPS) is 11.8. The van der Waals surface area contributed by atoms with Crippen LogP contribution in [0.3, 0.4) is 0 Å². The lowest BCUT2D eigenvalue weighted by Gasteiger charge is -2.07. The van der Waals surface area contributed by atoms with Crippen LogP contribution in [0.15, 0.2) is 53.8 Å². The molecule has 0 aliphatic carbocycles. The fourth-order valence-corrected chi connectivity index (χ4v) is 3.32. The molecule has 8 heteroatoms. The molecule has 0 unspecified atom stereocenters. The number of aromatic nitrogens is 5. The maximum Gasteiger partial charge on any atom is 0.272 e. The van der Waals surface area contributed by atoms with Gasteiger partial charge in [0, 0.05) is 18.9 Å². The highest BCUT2D eigenvalue weighted by Crippen LogP contribution is 2.24. The molecule has 146 valence electrons. The van der Waals surface area contributed by atoms with Gasteiger partial charge in [-0.25, -0.2) is 15.1 Å². The highest BCUT2D eigenvalue weighted by Gasteiger charge is 2.19. The van der Waals surface area contributed by atoms with Gasteiger partial charge in [0.1, 0.15) is 0 Å². The molecule has 0 bridgehead atoms. The number of hydrazone groups is 1. The van der Waals surface area contributed by atoms with E-state index in [4.69, 9.17) is 0 Å². The van der Waals surface area contributed by atoms with E-state index in [1.54, 1.807) is 21.6 Å². The second kappa shape index (κ2) is 7.31. The summed E-state index contributed by atoms with van der Waals surface area (Å²) in [6.45, 7) is 5.56. The van der Waals surface area contributed by atoms with Gasteiger partial charge in [-0.3, -0.25) is 9.48 Å². The van der Waals surface area contributed by atoms with Gasteiger partial charge in [0.05, 0.1) is 33.7 Å². The van der Waals surface area contributed by atoms with E-state index in [1.807, 2.05) is 64.2 Å². The van der Waals surface area contributed by atoms with Gasteiger partial charge >= 0.3 is 0 Å². The average Bonchev–Trinajstić information content (AvgIpc) is 3.29. The van der Waals surface area contributed by atoms with Crippen molar-refractivity contribution in [2.24, 2.45) is 12.1 Å². The number of amides is 1. The van der Waals surface area contributed by atoms with Crippen LogP contribution in [-0.4, -0.2) is 36.2 Å². The molecule has 1 aromatic carbocycles. The van der Waals surface area contributed by atoms with Gasteiger partial charge < -0.3 is 0 Å². The molecule has 0 fully saturated rings. The number of aryl methyl sites for hydroxylation is 3. The third kappa shape index (κ3) is 3.40. The maximum atomic E-state index is 13.0. The van der Waals surface area contributed by atoms with Crippen molar-refractivity contribution < 1.29 is 4.79 Å². The minimum Gasteiger partial charge on any atom is -0.267 e. The Kier molecular flexibility index (Phi) is 4.67. The lowest BCUT2D eigenvalue weighted by molar-refractivity contribution is 0.0956. The van der Waals surface area contributed by atoms with Crippen molar-refractivity contribution in [3.8, 4) is 5.69 Å². The average molecular weight is 387 g/mol. The summed E-state index contributed by atoms with van der Waals surface area (Å²) >= 11 is 0. The molecule has 3 aromatic heterocycles. The summed E-state index contributed by atoms with van der Waals surface area (Å²) < 4.78 is 3.46. The van der Waals surface area contributed by atoms with E-state index in [-0.39, 0.29) is 5.91 Å². The number of benzene rings is 1. The van der Waals surface area contributed by atoms with Crippen LogP contribution in [0, 0.1) is 13.8 Å². The third-order valence-electron chi connectivity index (χ3n) is 4.70. The van der Waals surface area contributed by atoms with Crippen molar-refractivity contribution in [3.63, 3.8) is 0 Å². The van der Waals surface area contributed by atoms with Crippen molar-refractivity contribution in [1.29, 1.82) is 0 Å². The molecule has 8 nitrogen and oxygen atoms in total. The minimum atomic E-state index is -0.308. The number of para-hydroxylation sites is 1. The lowest BCUT2D eigenvalue weighted by Crippen LogP contribution is -2.21. The lowest BCUT2D eigenvalue weighted by atomic mass is 10.1. The van der Waals surface area contributed by atoms with E-state index in [9.17, 15) is 4.79 Å². The largest absolute Gasteiger partial charge is 0.272 e. The molecule has 0 aliphatic rings. The second-order valence-corrected chi connectivity index (χ2v) is 6.82. The van der Waals surface area contributed by atoms with Crippen LogP contribution >= 0.6 is 0 Å². The Morgan fingerprint density at radius 2 is 1.90 bits per heavy atom. The fourth-order valence-electron chi connectivity index (χ4n) is 3.32. The van der Waals surface area contributed by atoms with Crippen molar-refractivity contribution >= 4 is 22.7 Å². The molecule has 1 N–H and O–H groups in total. The van der Waals surface area contributed by atoms with Crippen LogP contribution in [0.25, 0.3) is 16.7 Å². The number of nitrogens with zero attached hydrogens (tertiary/aromatic N) is 6. The van der Waals surface area contributed by atoms with E-state index in [0.717, 1.165) is 22.8 Å². The van der Waals surface area contributed by atoms with Gasteiger partial charge in [0.25, 0.3) is 5.91 Å². The molecular weight excluding hydrogens is 366 g/mol. The number of pyridine rings is 1. The summed E-state index contributed by atoms with van der Waals surface area (Å²) in [4.78, 5) is 17.6. The molecule has 4 rings (SSSR count). The number of rotatable bonds is 4. The quantitative estimate of drug-likeness (QED) is 0.431. The van der Waals surface area contributed by atoms with Gasteiger partial charge in [-0.1, -0.05) is 18.2 Å². The molecule has 0 spiro atoms. The Hall–Kier alpha value is -3.81. The van der Waals surface area contributed by atoms with E-state index in [0.29, 0.717) is 22.3 Å². The third-order valence-corrected chi connectivity index (χ3v) is 4.70. The molecule has 0 atom stereocenters. The summed E-state index contributed by atoms with van der Waals surface area (Å²) in [5.74, 6) is -0.308. The van der Waals surface area contributed by atoms with Crippen molar-refractivity contribution in [1.82, 2.24) is 30.0 Å². The molecule has 0 aliphatic heterocycles. The maximum absolute atomic E-state index is 13.0. The Labute approximate surface area is 167 Å². The highest BCUT2D eigenvalue weighted by molar-refractivity contribution is 6.07. The monoisotopic (exact) mass is 387 g/mol. The van der Waals surface area contributed by atoms with E-state index in [2.05, 4.69) is 25.7 Å². The predicted octanol–water partition coefficient (Wildman–Crippen LogP) is 2.92. The van der Waals surface area contributed by atoms with Gasteiger partial charge in [-0.15, -0.1) is 0 Å². The number of hydrogen-bond donors (Lipinski definition) is 1. The Balaban J connectivity index is 1.75. The number of nitrogens with one attached hydrogen (secondary N) is 1. The van der Waals surface area contributed by atoms with Gasteiger partial charge in [-0.05, 0) is 45.0 Å². The number of hydrogen-bond acceptors (Lipinski definition) is 5. The van der Waals surface area contributed by atoms with Crippen LogP contribution in [0.2, 0.25) is 0 Å². The zero-order valence-corrected chi connectivity index (χ0v) is 16.7. The molecule has 0 radical (unpaired) electrons. The highest BCUT2D eigenvalue weighted by atomic mass is 16.2. The Morgan fingerprint density at radius 3 is 2.59 bits per heavy atom. The Morgan fingerprint density at radius 1 is 1.14 bits per heavy atom. The van der Waals surface area contributed by atoms with Crippen LogP contribution < -0.4 is 5.43 Å². The van der Waals surface area contributed by atoms with E-state index < -0.39 is 0 Å². The molecule has 1 amide bonds. The number of fused-ring (bicyclic) bond motifs is 1.